The van der Waals surface area contributed by atoms with E-state index in [0.29, 0.717) is 28.2 Å². The van der Waals surface area contributed by atoms with Crippen LogP contribution in [0.25, 0.3) is 0 Å². The summed E-state index contributed by atoms with van der Waals surface area (Å²) < 4.78 is 0. The van der Waals surface area contributed by atoms with Crippen LogP contribution in [0, 0.1) is 25.2 Å². The molecule has 0 radical (unpaired) electrons. The lowest BCUT2D eigenvalue weighted by atomic mass is 10.3. The minimum Gasteiger partial charge on any atom is -0.375 e. The van der Waals surface area contributed by atoms with Gasteiger partial charge in [0.15, 0.2) is 5.13 Å². The van der Waals surface area contributed by atoms with Crippen molar-refractivity contribution in [1.82, 2.24) is 9.88 Å². The van der Waals surface area contributed by atoms with Crippen LogP contribution >= 0.6 is 11.3 Å². The van der Waals surface area contributed by atoms with Gasteiger partial charge in [0.1, 0.15) is 4.88 Å². The molecule has 2 rings (SSSR count). The Kier molecular flexibility index (Phi) is 3.34. The number of aromatic nitrogens is 1. The van der Waals surface area contributed by atoms with Gasteiger partial charge >= 0.3 is 0 Å². The van der Waals surface area contributed by atoms with E-state index >= 15 is 0 Å². The topological polar surface area (TPSA) is 59.2 Å². The molecular weight excluding hydrogens is 234 g/mol. The summed E-state index contributed by atoms with van der Waals surface area (Å²) in [6.07, 6.45) is 7.69. The van der Waals surface area contributed by atoms with Crippen LogP contribution in [0.4, 0.5) is 5.13 Å². The second-order valence-electron chi connectivity index (χ2n) is 4.30. The van der Waals surface area contributed by atoms with Crippen LogP contribution in [0.3, 0.4) is 0 Å². The molecule has 0 saturated heterocycles. The Labute approximate surface area is 105 Å². The van der Waals surface area contributed by atoms with Crippen molar-refractivity contribution in [3.8, 4) is 12.3 Å². The van der Waals surface area contributed by atoms with E-state index in [-0.39, 0.29) is 5.91 Å². The summed E-state index contributed by atoms with van der Waals surface area (Å²) in [6, 6.07) is 0. The minimum atomic E-state index is -0.0402. The number of terminal acetylenes is 1. The van der Waals surface area contributed by atoms with Gasteiger partial charge in [-0.2, -0.15) is 0 Å². The van der Waals surface area contributed by atoms with Crippen LogP contribution in [-0.4, -0.2) is 28.9 Å². The first-order valence-corrected chi connectivity index (χ1v) is 6.39. The number of rotatable bonds is 4. The van der Waals surface area contributed by atoms with Crippen molar-refractivity contribution in [3.63, 3.8) is 0 Å². The zero-order valence-electron chi connectivity index (χ0n) is 9.77. The fraction of sp³-hybridized carbons (Fsp3) is 0.500. The maximum atomic E-state index is 12.3. The van der Waals surface area contributed by atoms with E-state index in [2.05, 4.69) is 10.9 Å². The first kappa shape index (κ1) is 11.9. The third-order valence-electron chi connectivity index (χ3n) is 2.75. The van der Waals surface area contributed by atoms with Gasteiger partial charge in [-0.3, -0.25) is 4.79 Å². The Balaban J connectivity index is 2.14. The minimum absolute atomic E-state index is 0.0402. The smallest absolute Gasteiger partial charge is 0.266 e. The zero-order chi connectivity index (χ0) is 12.4. The van der Waals surface area contributed by atoms with E-state index in [1.165, 1.54) is 24.2 Å². The van der Waals surface area contributed by atoms with Crippen LogP contribution in [0.2, 0.25) is 0 Å². The lowest BCUT2D eigenvalue weighted by molar-refractivity contribution is 0.0773. The highest BCUT2D eigenvalue weighted by Gasteiger charge is 2.28. The average Bonchev–Trinajstić information content (AvgIpc) is 3.02. The summed E-state index contributed by atoms with van der Waals surface area (Å²) in [4.78, 5) is 18.7. The van der Waals surface area contributed by atoms with Gasteiger partial charge in [-0.05, 0) is 25.7 Å². The number of anilines is 1. The fourth-order valence-corrected chi connectivity index (χ4v) is 2.50. The predicted molar refractivity (Wildman–Crippen MR) is 68.7 cm³/mol. The normalized spacial score (nSPS) is 14.4. The molecule has 1 fully saturated rings. The Bertz CT molecular complexity index is 471. The van der Waals surface area contributed by atoms with Gasteiger partial charge in [0, 0.05) is 6.54 Å². The highest BCUT2D eigenvalue weighted by molar-refractivity contribution is 7.17. The van der Waals surface area contributed by atoms with Crippen LogP contribution in [0.5, 0.6) is 0 Å². The maximum Gasteiger partial charge on any atom is 0.266 e. The molecule has 0 atom stereocenters. The summed E-state index contributed by atoms with van der Waals surface area (Å²) in [7, 11) is 0. The first-order valence-electron chi connectivity index (χ1n) is 5.57. The van der Waals surface area contributed by atoms with Gasteiger partial charge in [0.05, 0.1) is 12.2 Å². The summed E-state index contributed by atoms with van der Waals surface area (Å²) >= 11 is 1.23. The van der Waals surface area contributed by atoms with Gasteiger partial charge in [-0.1, -0.05) is 17.3 Å². The van der Waals surface area contributed by atoms with Gasteiger partial charge in [-0.25, -0.2) is 4.98 Å². The number of amides is 1. The third kappa shape index (κ3) is 2.77. The van der Waals surface area contributed by atoms with E-state index in [1.54, 1.807) is 11.8 Å². The summed E-state index contributed by atoms with van der Waals surface area (Å²) in [6.45, 7) is 2.90. The van der Waals surface area contributed by atoms with Crippen LogP contribution in [0.1, 0.15) is 28.2 Å². The third-order valence-corrected chi connectivity index (χ3v) is 3.73. The Morgan fingerprint density at radius 2 is 2.41 bits per heavy atom. The standard InChI is InChI=1S/C12H15N3OS/c1-3-6-15(7-9-4-5-9)11(16)10-8(2)14-12(13)17-10/h1,9H,4-7H2,2H3,(H2,13,14). The van der Waals surface area contributed by atoms with Crippen molar-refractivity contribution < 1.29 is 4.79 Å². The van der Waals surface area contributed by atoms with Crippen molar-refractivity contribution in [2.45, 2.75) is 19.8 Å². The Morgan fingerprint density at radius 1 is 1.71 bits per heavy atom. The molecule has 1 heterocycles. The largest absolute Gasteiger partial charge is 0.375 e. The van der Waals surface area contributed by atoms with Crippen molar-refractivity contribution in [2.75, 3.05) is 18.8 Å². The van der Waals surface area contributed by atoms with Crippen molar-refractivity contribution in [2.24, 2.45) is 5.92 Å². The lowest BCUT2D eigenvalue weighted by Crippen LogP contribution is -2.33. The molecule has 1 saturated carbocycles. The van der Waals surface area contributed by atoms with Crippen molar-refractivity contribution in [1.29, 1.82) is 0 Å². The Morgan fingerprint density at radius 3 is 2.88 bits per heavy atom. The fourth-order valence-electron chi connectivity index (χ4n) is 1.70. The second-order valence-corrected chi connectivity index (χ2v) is 5.33. The number of carbonyl (C=O) groups excluding carboxylic acids is 1. The Hall–Kier alpha value is -1.54. The van der Waals surface area contributed by atoms with Gasteiger partial charge in [-0.15, -0.1) is 6.42 Å². The van der Waals surface area contributed by atoms with E-state index in [4.69, 9.17) is 12.2 Å². The molecule has 90 valence electrons. The molecule has 4 nitrogen and oxygen atoms in total. The highest BCUT2D eigenvalue weighted by atomic mass is 32.1. The number of thiazole rings is 1. The number of carbonyl (C=O) groups is 1. The van der Waals surface area contributed by atoms with Crippen molar-refractivity contribution >= 4 is 22.4 Å². The summed E-state index contributed by atoms with van der Waals surface area (Å²) in [5, 5.41) is 0.429. The van der Waals surface area contributed by atoms with Crippen LogP contribution in [0.15, 0.2) is 0 Å². The molecule has 1 aliphatic carbocycles. The SMILES string of the molecule is C#CCN(CC1CC1)C(=O)c1sc(N)nc1C. The quantitative estimate of drug-likeness (QED) is 0.823. The number of nitrogens with zero attached hydrogens (tertiary/aromatic N) is 2. The number of aryl methyl sites for hydroxylation is 1. The van der Waals surface area contributed by atoms with E-state index in [0.717, 1.165) is 6.54 Å². The molecule has 17 heavy (non-hydrogen) atoms. The first-order chi connectivity index (χ1) is 8.11. The molecule has 0 spiro atoms. The molecule has 1 aliphatic rings. The number of hydrogen-bond acceptors (Lipinski definition) is 4. The molecular formula is C12H15N3OS. The maximum absolute atomic E-state index is 12.3. The lowest BCUT2D eigenvalue weighted by Gasteiger charge is -2.19. The van der Waals surface area contributed by atoms with Gasteiger partial charge < -0.3 is 10.6 Å². The molecule has 5 heteroatoms. The van der Waals surface area contributed by atoms with E-state index in [1.807, 2.05) is 0 Å². The number of nitrogens with two attached hydrogens (primary N) is 1. The summed E-state index contributed by atoms with van der Waals surface area (Å²) in [5.74, 6) is 3.12. The molecule has 2 N–H and O–H groups in total. The van der Waals surface area contributed by atoms with E-state index < -0.39 is 0 Å². The molecule has 0 unspecified atom stereocenters. The molecule has 1 aromatic heterocycles. The van der Waals surface area contributed by atoms with Crippen LogP contribution in [-0.2, 0) is 0 Å². The average molecular weight is 249 g/mol. The van der Waals surface area contributed by atoms with Crippen LogP contribution < -0.4 is 5.73 Å². The summed E-state index contributed by atoms with van der Waals surface area (Å²) in [5.41, 5.74) is 6.29. The predicted octanol–water partition coefficient (Wildman–Crippen LogP) is 1.52. The molecule has 1 aromatic rings. The van der Waals surface area contributed by atoms with Gasteiger partial charge in [0.2, 0.25) is 0 Å². The van der Waals surface area contributed by atoms with Crippen molar-refractivity contribution in [3.05, 3.63) is 10.6 Å². The number of hydrogen-bond donors (Lipinski definition) is 1. The highest BCUT2D eigenvalue weighted by Crippen LogP contribution is 2.31. The van der Waals surface area contributed by atoms with Gasteiger partial charge in [0.25, 0.3) is 5.91 Å². The van der Waals surface area contributed by atoms with E-state index in [9.17, 15) is 4.79 Å². The molecule has 1 amide bonds. The molecule has 0 aliphatic heterocycles. The number of nitrogen functional groups attached to an aromatic ring is 1. The molecule has 0 aromatic carbocycles. The molecule has 0 bridgehead atoms. The zero-order valence-corrected chi connectivity index (χ0v) is 10.6. The monoisotopic (exact) mass is 249 g/mol. The second kappa shape index (κ2) is 4.76.